The molecule has 5 heteroatoms. The number of hydrogen-bond acceptors (Lipinski definition) is 3. The Morgan fingerprint density at radius 3 is 1.74 bits per heavy atom. The maximum absolute atomic E-state index is 12.6. The van der Waals surface area contributed by atoms with Gasteiger partial charge in [0.25, 0.3) is 0 Å². The van der Waals surface area contributed by atoms with Gasteiger partial charge in [-0.2, -0.15) is 0 Å². The molecule has 0 atom stereocenters. The lowest BCUT2D eigenvalue weighted by molar-refractivity contribution is 0.477. The molecule has 0 spiro atoms. The minimum Gasteiger partial charge on any atom is -0.507 e. The highest BCUT2D eigenvalue weighted by Gasteiger charge is 2.27. The number of imidazole rings is 1. The molecule has 0 aliphatic rings. The number of phenols is 1. The van der Waals surface area contributed by atoms with Crippen molar-refractivity contribution in [3.63, 3.8) is 0 Å². The van der Waals surface area contributed by atoms with E-state index in [0.29, 0.717) is 11.4 Å². The number of nitrogens with zero attached hydrogens (tertiary/aromatic N) is 4. The first kappa shape index (κ1) is 48.2. The molecule has 5 nitrogen and oxygen atoms in total. The van der Waals surface area contributed by atoms with E-state index < -0.39 is 0 Å². The van der Waals surface area contributed by atoms with Crippen LogP contribution in [0.1, 0.15) is 77.6 Å². The number of aromatic hydroxyl groups is 1. The quantitative estimate of drug-likeness (QED) is 0.157. The Morgan fingerprint density at radius 2 is 1.01 bits per heavy atom. The Balaban J connectivity index is 1.07. The van der Waals surface area contributed by atoms with E-state index in [0.717, 1.165) is 88.9 Å². The van der Waals surface area contributed by atoms with Crippen molar-refractivity contribution in [2.45, 2.75) is 71.6 Å². The van der Waals surface area contributed by atoms with E-state index in [1.165, 1.54) is 22.3 Å². The molecular formula is C71H62N4O. The third-order valence-electron chi connectivity index (χ3n) is 15.5. The molecule has 76 heavy (non-hydrogen) atoms. The highest BCUT2D eigenvalue weighted by atomic mass is 16.3. The SMILES string of the molecule is CC(C)(C)c1cc(-c2cc(-c3ccc(C(C)(C)c4ccccc4)cc3)ccn2)cc(-c2cccc3c2nc(-c2cc4c5ccccc5n(-c5ccccc5)c4cc2O)n3-c2ccc(C(C)(C)C)cc2-c2ccccc2)c1. The molecule has 9 aromatic carbocycles. The largest absolute Gasteiger partial charge is 0.507 e. The van der Waals surface area contributed by atoms with Crippen LogP contribution in [0.25, 0.3) is 100 Å². The van der Waals surface area contributed by atoms with Crippen molar-refractivity contribution < 1.29 is 5.11 Å². The molecule has 3 heterocycles. The van der Waals surface area contributed by atoms with Crippen molar-refractivity contribution in [2.75, 3.05) is 0 Å². The van der Waals surface area contributed by atoms with E-state index >= 15 is 0 Å². The van der Waals surface area contributed by atoms with Crippen molar-refractivity contribution in [2.24, 2.45) is 0 Å². The highest BCUT2D eigenvalue weighted by Crippen LogP contribution is 2.45. The third-order valence-corrected chi connectivity index (χ3v) is 15.5. The minimum atomic E-state index is -0.179. The van der Waals surface area contributed by atoms with Gasteiger partial charge >= 0.3 is 0 Å². The Kier molecular flexibility index (Phi) is 11.7. The van der Waals surface area contributed by atoms with Crippen LogP contribution in [0.15, 0.2) is 225 Å². The van der Waals surface area contributed by atoms with Crippen molar-refractivity contribution >= 4 is 32.8 Å². The number of hydrogen-bond donors (Lipinski definition) is 1. The van der Waals surface area contributed by atoms with Gasteiger partial charge in [0.2, 0.25) is 0 Å². The number of aromatic nitrogens is 4. The van der Waals surface area contributed by atoms with Crippen LogP contribution >= 0.6 is 0 Å². The Bertz CT molecular complexity index is 4130. The van der Waals surface area contributed by atoms with E-state index in [9.17, 15) is 5.11 Å². The fourth-order valence-corrected chi connectivity index (χ4v) is 11.1. The Hall–Kier alpha value is -8.80. The van der Waals surface area contributed by atoms with Crippen LogP contribution in [0.4, 0.5) is 0 Å². The van der Waals surface area contributed by atoms with Crippen molar-refractivity contribution in [1.82, 2.24) is 19.1 Å². The molecule has 0 amide bonds. The van der Waals surface area contributed by atoms with E-state index in [-0.39, 0.29) is 22.0 Å². The number of phenolic OH excluding ortho intramolecular Hbond substituents is 1. The number of para-hydroxylation sites is 3. The van der Waals surface area contributed by atoms with E-state index in [1.54, 1.807) is 0 Å². The number of benzene rings is 9. The zero-order valence-electron chi connectivity index (χ0n) is 44.6. The van der Waals surface area contributed by atoms with Gasteiger partial charge in [0.1, 0.15) is 11.6 Å². The van der Waals surface area contributed by atoms with Gasteiger partial charge < -0.3 is 9.67 Å². The zero-order chi connectivity index (χ0) is 52.5. The molecule has 0 saturated heterocycles. The molecule has 0 unspecified atom stereocenters. The first-order valence-corrected chi connectivity index (χ1v) is 26.4. The van der Waals surface area contributed by atoms with Crippen LogP contribution in [0.5, 0.6) is 5.75 Å². The zero-order valence-corrected chi connectivity index (χ0v) is 44.6. The van der Waals surface area contributed by atoms with Gasteiger partial charge in [-0.1, -0.05) is 201 Å². The van der Waals surface area contributed by atoms with Crippen LogP contribution in [-0.2, 0) is 16.2 Å². The molecule has 0 aliphatic heterocycles. The second-order valence-corrected chi connectivity index (χ2v) is 22.9. The third kappa shape index (κ3) is 8.56. The summed E-state index contributed by atoms with van der Waals surface area (Å²) in [5.41, 5.74) is 19.4. The van der Waals surface area contributed by atoms with Crippen LogP contribution in [-0.4, -0.2) is 24.2 Å². The molecule has 3 aromatic heterocycles. The summed E-state index contributed by atoms with van der Waals surface area (Å²) in [7, 11) is 0. The molecule has 0 aliphatic carbocycles. The molecule has 372 valence electrons. The Labute approximate surface area is 446 Å². The topological polar surface area (TPSA) is 55.9 Å². The number of pyridine rings is 1. The average Bonchev–Trinajstić information content (AvgIpc) is 3.98. The fraction of sp³-hybridized carbons (Fsp3) is 0.155. The van der Waals surface area contributed by atoms with Gasteiger partial charge in [0.15, 0.2) is 0 Å². The standard InChI is InChI=1S/C71H62N4O/c1-69(2,3)53-35-36-63(58(43-53)47-21-12-9-13-22-47)75-64-30-20-28-56(67(64)73-68(75)60-44-59-57-27-18-19-29-62(57)74(65(59)45-66(60)76)55-25-16-11-17-26-55)49-39-50(41-54(40-49)70(4,5)6)61-42-48(37-38-72-61)46-31-33-52(34-32-46)71(7,8)51-23-14-10-15-24-51/h9-45,76H,1-8H3. The summed E-state index contributed by atoms with van der Waals surface area (Å²) in [6.45, 7) is 18.2. The van der Waals surface area contributed by atoms with Crippen molar-refractivity contribution in [3.8, 4) is 73.2 Å². The first-order chi connectivity index (χ1) is 36.6. The fourth-order valence-electron chi connectivity index (χ4n) is 11.1. The highest BCUT2D eigenvalue weighted by molar-refractivity contribution is 6.11. The molecule has 0 bridgehead atoms. The second kappa shape index (κ2) is 18.5. The van der Waals surface area contributed by atoms with E-state index in [2.05, 4.69) is 271 Å². The summed E-state index contributed by atoms with van der Waals surface area (Å²) in [6.07, 6.45) is 1.93. The van der Waals surface area contributed by atoms with E-state index in [4.69, 9.17) is 9.97 Å². The molecule has 1 N–H and O–H groups in total. The number of rotatable bonds is 9. The van der Waals surface area contributed by atoms with Crippen LogP contribution < -0.4 is 0 Å². The normalized spacial score (nSPS) is 12.3. The van der Waals surface area contributed by atoms with Crippen LogP contribution in [0.3, 0.4) is 0 Å². The van der Waals surface area contributed by atoms with Crippen LogP contribution in [0.2, 0.25) is 0 Å². The summed E-state index contributed by atoms with van der Waals surface area (Å²) < 4.78 is 4.51. The molecule has 0 fully saturated rings. The Morgan fingerprint density at radius 1 is 0.382 bits per heavy atom. The summed E-state index contributed by atoms with van der Waals surface area (Å²) in [4.78, 5) is 10.8. The van der Waals surface area contributed by atoms with Crippen molar-refractivity contribution in [1.29, 1.82) is 0 Å². The minimum absolute atomic E-state index is 0.0974. The van der Waals surface area contributed by atoms with Gasteiger partial charge in [0.05, 0.1) is 39.0 Å². The van der Waals surface area contributed by atoms with Gasteiger partial charge in [-0.05, 0) is 122 Å². The molecular weight excluding hydrogens is 925 g/mol. The van der Waals surface area contributed by atoms with Gasteiger partial charge in [-0.15, -0.1) is 0 Å². The smallest absolute Gasteiger partial charge is 0.149 e. The summed E-state index contributed by atoms with van der Waals surface area (Å²) in [5, 5.41) is 14.7. The van der Waals surface area contributed by atoms with Gasteiger partial charge in [0, 0.05) is 50.8 Å². The monoisotopic (exact) mass is 986 g/mol. The molecule has 12 aromatic rings. The van der Waals surface area contributed by atoms with Crippen LogP contribution in [0, 0.1) is 0 Å². The first-order valence-electron chi connectivity index (χ1n) is 26.4. The predicted molar refractivity (Wildman–Crippen MR) is 318 cm³/mol. The lowest BCUT2D eigenvalue weighted by Crippen LogP contribution is -2.18. The van der Waals surface area contributed by atoms with E-state index in [1.807, 2.05) is 18.3 Å². The second-order valence-electron chi connectivity index (χ2n) is 22.9. The molecule has 12 rings (SSSR count). The van der Waals surface area contributed by atoms with Gasteiger partial charge in [-0.3, -0.25) is 9.55 Å². The maximum Gasteiger partial charge on any atom is 0.149 e. The predicted octanol–water partition coefficient (Wildman–Crippen LogP) is 18.5. The van der Waals surface area contributed by atoms with Crippen molar-refractivity contribution in [3.05, 3.63) is 247 Å². The number of fused-ring (bicyclic) bond motifs is 4. The lowest BCUT2D eigenvalue weighted by atomic mass is 9.78. The lowest BCUT2D eigenvalue weighted by Gasteiger charge is -2.26. The average molecular weight is 987 g/mol. The molecule has 0 saturated carbocycles. The molecule has 0 radical (unpaired) electrons. The maximum atomic E-state index is 12.6. The summed E-state index contributed by atoms with van der Waals surface area (Å²) >= 11 is 0. The summed E-state index contributed by atoms with van der Waals surface area (Å²) in [5.74, 6) is 0.800. The van der Waals surface area contributed by atoms with Gasteiger partial charge in [-0.25, -0.2) is 4.98 Å². The summed E-state index contributed by atoms with van der Waals surface area (Å²) in [6, 6.07) is 77.8.